The van der Waals surface area contributed by atoms with Gasteiger partial charge in [0.15, 0.2) is 12.2 Å². The maximum absolute atomic E-state index is 13.1. The van der Waals surface area contributed by atoms with Gasteiger partial charge >= 0.3 is 39.5 Å². The number of esters is 4. The van der Waals surface area contributed by atoms with Gasteiger partial charge in [0, 0.05) is 25.7 Å². The predicted octanol–water partition coefficient (Wildman–Crippen LogP) is 22.2. The first kappa shape index (κ1) is 93.1. The summed E-state index contributed by atoms with van der Waals surface area (Å²) in [4.78, 5) is 72.7. The van der Waals surface area contributed by atoms with Gasteiger partial charge in [0.25, 0.3) is 0 Å². The fourth-order valence-electron chi connectivity index (χ4n) is 11.6. The molecule has 0 radical (unpaired) electrons. The van der Waals surface area contributed by atoms with Crippen LogP contribution in [0.1, 0.15) is 389 Å². The van der Waals surface area contributed by atoms with E-state index >= 15 is 0 Å². The largest absolute Gasteiger partial charge is 0.472 e. The summed E-state index contributed by atoms with van der Waals surface area (Å²) in [6.45, 7) is 11.8. The molecule has 0 aromatic rings. The van der Waals surface area contributed by atoms with E-state index in [2.05, 4.69) is 48.5 Å². The molecule has 17 nitrogen and oxygen atoms in total. The molecule has 0 aliphatic heterocycles. The number of ether oxygens (including phenoxy) is 4. The molecule has 0 aromatic heterocycles. The molecule has 0 bridgehead atoms. The monoisotopic (exact) mass is 1400 g/mol. The molecule has 0 aliphatic rings. The van der Waals surface area contributed by atoms with E-state index in [4.69, 9.17) is 37.0 Å². The van der Waals surface area contributed by atoms with Gasteiger partial charge in [-0.05, 0) is 43.4 Å². The number of carbonyl (C=O) groups excluding carboxylic acids is 4. The predicted molar refractivity (Wildman–Crippen MR) is 386 cm³/mol. The lowest BCUT2D eigenvalue weighted by Gasteiger charge is -2.21. The van der Waals surface area contributed by atoms with E-state index in [1.165, 1.54) is 193 Å². The van der Waals surface area contributed by atoms with Crippen molar-refractivity contribution in [2.45, 2.75) is 407 Å². The second-order valence-corrected chi connectivity index (χ2v) is 31.5. The Morgan fingerprint density at radius 2 is 0.537 bits per heavy atom. The molecular weight excluding hydrogens is 1250 g/mol. The molecule has 0 aromatic carbocycles. The van der Waals surface area contributed by atoms with Crippen LogP contribution in [0.5, 0.6) is 0 Å². The van der Waals surface area contributed by atoms with Crippen LogP contribution in [0.4, 0.5) is 0 Å². The van der Waals surface area contributed by atoms with Gasteiger partial charge in [0.05, 0.1) is 26.4 Å². The van der Waals surface area contributed by atoms with Crippen molar-refractivity contribution in [3.05, 3.63) is 0 Å². The molecule has 3 N–H and O–H groups in total. The van der Waals surface area contributed by atoms with Crippen LogP contribution in [0.25, 0.3) is 0 Å². The minimum atomic E-state index is -4.96. The zero-order valence-electron chi connectivity index (χ0n) is 62.1. The van der Waals surface area contributed by atoms with E-state index in [1.807, 2.05) is 0 Å². The Kier molecular flexibility index (Phi) is 65.2. The van der Waals surface area contributed by atoms with Gasteiger partial charge in [0.2, 0.25) is 0 Å². The lowest BCUT2D eigenvalue weighted by molar-refractivity contribution is -0.161. The number of hydrogen-bond donors (Lipinski definition) is 3. The minimum Gasteiger partial charge on any atom is -0.462 e. The quantitative estimate of drug-likeness (QED) is 0.0222. The Balaban J connectivity index is 5.21. The zero-order valence-corrected chi connectivity index (χ0v) is 63.9. The molecule has 0 fully saturated rings. The number of phosphoric acid groups is 2. The summed E-state index contributed by atoms with van der Waals surface area (Å²) >= 11 is 0. The number of phosphoric ester groups is 2. The number of aliphatic hydroxyl groups excluding tert-OH is 1. The first-order valence-electron chi connectivity index (χ1n) is 39.4. The van der Waals surface area contributed by atoms with Gasteiger partial charge in [0.1, 0.15) is 19.3 Å². The highest BCUT2D eigenvalue weighted by molar-refractivity contribution is 7.47. The Hall–Kier alpha value is -1.94. The molecule has 564 valence electrons. The molecule has 19 heteroatoms. The summed E-state index contributed by atoms with van der Waals surface area (Å²) in [6, 6.07) is 0. The number of carbonyl (C=O) groups is 4. The van der Waals surface area contributed by atoms with Gasteiger partial charge in [-0.3, -0.25) is 37.3 Å². The third-order valence-electron chi connectivity index (χ3n) is 18.0. The van der Waals surface area contributed by atoms with Crippen LogP contribution in [-0.2, 0) is 65.4 Å². The Labute approximate surface area is 581 Å². The highest BCUT2D eigenvalue weighted by Gasteiger charge is 2.30. The van der Waals surface area contributed by atoms with Crippen LogP contribution in [0.3, 0.4) is 0 Å². The van der Waals surface area contributed by atoms with Crippen molar-refractivity contribution < 1.29 is 80.2 Å². The van der Waals surface area contributed by atoms with Crippen molar-refractivity contribution in [2.75, 3.05) is 39.6 Å². The molecule has 0 spiro atoms. The van der Waals surface area contributed by atoms with Crippen LogP contribution >= 0.6 is 15.6 Å². The van der Waals surface area contributed by atoms with Gasteiger partial charge in [-0.15, -0.1) is 0 Å². The lowest BCUT2D eigenvalue weighted by Crippen LogP contribution is -2.30. The van der Waals surface area contributed by atoms with Crippen LogP contribution in [0, 0.1) is 17.8 Å². The minimum absolute atomic E-state index is 0.103. The Morgan fingerprint density at radius 1 is 0.305 bits per heavy atom. The summed E-state index contributed by atoms with van der Waals surface area (Å²) in [5.74, 6) is 0.0859. The summed E-state index contributed by atoms with van der Waals surface area (Å²) in [5, 5.41) is 10.6. The summed E-state index contributed by atoms with van der Waals surface area (Å²) in [6.07, 6.45) is 53.0. The van der Waals surface area contributed by atoms with E-state index in [0.29, 0.717) is 31.6 Å². The van der Waals surface area contributed by atoms with Crippen molar-refractivity contribution in [2.24, 2.45) is 17.8 Å². The van der Waals surface area contributed by atoms with Crippen molar-refractivity contribution in [1.29, 1.82) is 0 Å². The van der Waals surface area contributed by atoms with Crippen molar-refractivity contribution in [3.8, 4) is 0 Å². The standard InChI is InChI=1S/C76H148O17P2/c1-8-10-11-12-13-14-15-16-17-18-19-20-21-22-23-28-31-36-45-52-59-75(80)92-71(63-86-73(78)57-50-43-35-30-27-25-24-26-29-33-40-47-54-67(3)4)65-90-94(82,83)88-61-70(77)62-89-95(84,85)91-66-72(93-76(81)60-53-46-37-32-34-41-48-55-68(5)6)64-87-74(79)58-51-44-39-38-42-49-56-69(7)9-2/h67-72,77H,8-66H2,1-7H3,(H,82,83)(H,84,85)/t69?,70-,71-,72-/m1/s1. The molecule has 3 unspecified atom stereocenters. The summed E-state index contributed by atoms with van der Waals surface area (Å²) in [7, 11) is -9.91. The second-order valence-electron chi connectivity index (χ2n) is 28.6. The van der Waals surface area contributed by atoms with Crippen LogP contribution in [-0.4, -0.2) is 96.7 Å². The summed E-state index contributed by atoms with van der Waals surface area (Å²) in [5.41, 5.74) is 0. The van der Waals surface area contributed by atoms with E-state index < -0.39 is 97.5 Å². The molecule has 0 aliphatic carbocycles. The molecular formula is C76H148O17P2. The summed E-state index contributed by atoms with van der Waals surface area (Å²) < 4.78 is 68.5. The Bertz CT molecular complexity index is 1850. The highest BCUT2D eigenvalue weighted by Crippen LogP contribution is 2.45. The zero-order chi connectivity index (χ0) is 70.1. The SMILES string of the molecule is CCCCCCCCCCCCCCCCCCCCCCC(=O)O[C@H](COC(=O)CCCCCCCCCCCCCCC(C)C)COP(=O)(O)OC[C@@H](O)COP(=O)(O)OC[C@@H](COC(=O)CCCCCCCCC(C)CC)OC(=O)CCCCCCCCCC(C)C. The molecule has 0 saturated carbocycles. The maximum atomic E-state index is 13.1. The van der Waals surface area contributed by atoms with Gasteiger partial charge < -0.3 is 33.8 Å². The second kappa shape index (κ2) is 66.6. The fraction of sp³-hybridized carbons (Fsp3) is 0.947. The number of rotatable bonds is 74. The van der Waals surface area contributed by atoms with Crippen molar-refractivity contribution in [3.63, 3.8) is 0 Å². The molecule has 0 heterocycles. The third-order valence-corrected chi connectivity index (χ3v) is 19.9. The van der Waals surface area contributed by atoms with E-state index in [1.54, 1.807) is 0 Å². The molecule has 0 saturated heterocycles. The third kappa shape index (κ3) is 69.0. The lowest BCUT2D eigenvalue weighted by atomic mass is 10.00. The van der Waals surface area contributed by atoms with Gasteiger partial charge in [-0.2, -0.15) is 0 Å². The number of aliphatic hydroxyl groups is 1. The van der Waals surface area contributed by atoms with Crippen LogP contribution < -0.4 is 0 Å². The normalized spacial score (nSPS) is 14.4. The average Bonchev–Trinajstić information content (AvgIpc) is 2.71. The van der Waals surface area contributed by atoms with Gasteiger partial charge in [-0.1, -0.05) is 337 Å². The first-order valence-corrected chi connectivity index (χ1v) is 42.4. The fourth-order valence-corrected chi connectivity index (χ4v) is 13.1. The van der Waals surface area contributed by atoms with Crippen LogP contribution in [0.15, 0.2) is 0 Å². The van der Waals surface area contributed by atoms with E-state index in [9.17, 15) is 43.2 Å². The smallest absolute Gasteiger partial charge is 0.462 e. The van der Waals surface area contributed by atoms with E-state index in [0.717, 1.165) is 108 Å². The van der Waals surface area contributed by atoms with Crippen molar-refractivity contribution in [1.82, 2.24) is 0 Å². The number of unbranched alkanes of at least 4 members (excludes halogenated alkanes) is 41. The highest BCUT2D eigenvalue weighted by atomic mass is 31.2. The molecule has 0 rings (SSSR count). The molecule has 6 atom stereocenters. The first-order chi connectivity index (χ1) is 45.8. The van der Waals surface area contributed by atoms with Crippen molar-refractivity contribution >= 4 is 39.5 Å². The number of hydrogen-bond acceptors (Lipinski definition) is 15. The molecule has 95 heavy (non-hydrogen) atoms. The topological polar surface area (TPSA) is 237 Å². The molecule has 0 amide bonds. The van der Waals surface area contributed by atoms with Crippen LogP contribution in [0.2, 0.25) is 0 Å². The Morgan fingerprint density at radius 3 is 0.800 bits per heavy atom. The van der Waals surface area contributed by atoms with Gasteiger partial charge in [-0.25, -0.2) is 9.13 Å². The van der Waals surface area contributed by atoms with E-state index in [-0.39, 0.29) is 25.7 Å². The maximum Gasteiger partial charge on any atom is 0.472 e. The average molecular weight is 1400 g/mol.